The monoisotopic (exact) mass is 376 g/mol. The molecule has 0 spiro atoms. The summed E-state index contributed by atoms with van der Waals surface area (Å²) in [7, 11) is 0. The van der Waals surface area contributed by atoms with Gasteiger partial charge in [-0.15, -0.1) is 23.2 Å². The van der Waals surface area contributed by atoms with Crippen molar-refractivity contribution >= 4 is 40.5 Å². The summed E-state index contributed by atoms with van der Waals surface area (Å²) in [6.07, 6.45) is 0. The number of benzene rings is 1. The van der Waals surface area contributed by atoms with Gasteiger partial charge in [-0.2, -0.15) is 0 Å². The van der Waals surface area contributed by atoms with Crippen molar-refractivity contribution in [2.75, 3.05) is 10.8 Å². The maximum Gasteiger partial charge on any atom is 0.177 e. The molecule has 1 N–H and O–H groups in total. The van der Waals surface area contributed by atoms with Crippen molar-refractivity contribution in [2.45, 2.75) is 40.0 Å². The molecule has 0 fully saturated rings. The molecule has 0 bridgehead atoms. The number of carbonyl (C=O) groups is 1. The zero-order valence-corrected chi connectivity index (χ0v) is 16.6. The topological polar surface area (TPSA) is 36.1 Å². The first-order chi connectivity index (χ1) is 11.8. The van der Waals surface area contributed by atoms with Crippen LogP contribution in [0.2, 0.25) is 0 Å². The Balaban J connectivity index is 2.32. The number of carbonyl (C=O) groups excluding carboxylic acids is 1. The molecule has 2 heterocycles. The minimum atomic E-state index is -0.492. The van der Waals surface area contributed by atoms with Gasteiger partial charge in [0.05, 0.1) is 16.9 Å². The van der Waals surface area contributed by atoms with Crippen LogP contribution in [0.3, 0.4) is 0 Å². The minimum absolute atomic E-state index is 0.0751. The van der Waals surface area contributed by atoms with Gasteiger partial charge in [0, 0.05) is 22.5 Å². The summed E-state index contributed by atoms with van der Waals surface area (Å²) in [6, 6.07) is 6.31. The molecule has 1 aromatic carbocycles. The molecule has 0 saturated carbocycles. The first-order valence-corrected chi connectivity index (χ1v) is 9.24. The highest BCUT2D eigenvalue weighted by atomic mass is 35.5. The van der Waals surface area contributed by atoms with Crippen molar-refractivity contribution in [1.82, 2.24) is 4.98 Å². The second-order valence-electron chi connectivity index (χ2n) is 6.76. The summed E-state index contributed by atoms with van der Waals surface area (Å²) in [6.45, 7) is 10.2. The molecule has 1 aromatic heterocycles. The smallest absolute Gasteiger partial charge is 0.177 e. The molecular weight excluding hydrogens is 355 g/mol. The fourth-order valence-corrected chi connectivity index (χ4v) is 4.41. The van der Waals surface area contributed by atoms with E-state index in [1.54, 1.807) is 0 Å². The van der Waals surface area contributed by atoms with E-state index in [1.807, 2.05) is 19.9 Å². The van der Waals surface area contributed by atoms with Crippen LogP contribution in [-0.4, -0.2) is 16.6 Å². The van der Waals surface area contributed by atoms with Crippen molar-refractivity contribution in [3.8, 4) is 0 Å². The second kappa shape index (κ2) is 6.54. The van der Waals surface area contributed by atoms with Crippen LogP contribution in [-0.2, 0) is 4.79 Å². The molecule has 0 radical (unpaired) electrons. The highest BCUT2D eigenvalue weighted by molar-refractivity contribution is 6.34. The number of halogens is 2. The van der Waals surface area contributed by atoms with Crippen molar-refractivity contribution in [3.05, 3.63) is 57.4 Å². The van der Waals surface area contributed by atoms with E-state index in [0.29, 0.717) is 5.57 Å². The molecule has 1 unspecified atom stereocenters. The Morgan fingerprint density at radius 1 is 1.12 bits per heavy atom. The summed E-state index contributed by atoms with van der Waals surface area (Å²) in [5.41, 5.74) is 7.93. The van der Waals surface area contributed by atoms with Crippen LogP contribution in [0.15, 0.2) is 29.5 Å². The lowest BCUT2D eigenvalue weighted by molar-refractivity contribution is -0.113. The van der Waals surface area contributed by atoms with E-state index in [4.69, 9.17) is 23.2 Å². The summed E-state index contributed by atoms with van der Waals surface area (Å²) in [5, 5.41) is -0.492. The molecule has 0 aliphatic carbocycles. The average Bonchev–Trinajstić information content (AvgIpc) is 2.91. The molecule has 0 saturated heterocycles. The normalized spacial score (nSPS) is 17.1. The Morgan fingerprint density at radius 3 is 2.28 bits per heavy atom. The predicted molar refractivity (Wildman–Crippen MR) is 105 cm³/mol. The maximum absolute atomic E-state index is 12.5. The summed E-state index contributed by atoms with van der Waals surface area (Å²) < 4.78 is 0. The summed E-state index contributed by atoms with van der Waals surface area (Å²) in [4.78, 5) is 18.0. The number of nitrogens with zero attached hydrogens (tertiary/aromatic N) is 1. The summed E-state index contributed by atoms with van der Waals surface area (Å²) in [5.74, 6) is 0.723. The van der Waals surface area contributed by atoms with Gasteiger partial charge in [-0.25, -0.2) is 0 Å². The van der Waals surface area contributed by atoms with Gasteiger partial charge < -0.3 is 4.98 Å². The average molecular weight is 377 g/mol. The van der Waals surface area contributed by atoms with Crippen LogP contribution < -0.4 is 4.90 Å². The quantitative estimate of drug-likeness (QED) is 0.690. The molecule has 1 atom stereocenters. The molecule has 0 amide bonds. The molecule has 1 aliphatic heterocycles. The van der Waals surface area contributed by atoms with E-state index in [0.717, 1.165) is 39.6 Å². The zero-order valence-electron chi connectivity index (χ0n) is 15.1. The van der Waals surface area contributed by atoms with Crippen molar-refractivity contribution < 1.29 is 4.79 Å². The molecule has 25 heavy (non-hydrogen) atoms. The van der Waals surface area contributed by atoms with Crippen LogP contribution in [0.1, 0.15) is 40.2 Å². The Labute approximate surface area is 158 Å². The van der Waals surface area contributed by atoms with Crippen molar-refractivity contribution in [1.29, 1.82) is 0 Å². The van der Waals surface area contributed by atoms with E-state index in [1.165, 1.54) is 5.56 Å². The Morgan fingerprint density at radius 2 is 1.72 bits per heavy atom. The van der Waals surface area contributed by atoms with E-state index in [-0.39, 0.29) is 11.7 Å². The number of allylic oxidation sites excluding steroid dienone is 2. The maximum atomic E-state index is 12.5. The number of ketones is 1. The van der Waals surface area contributed by atoms with Gasteiger partial charge in [-0.05, 0) is 51.8 Å². The Hall–Kier alpha value is -1.71. The van der Waals surface area contributed by atoms with Gasteiger partial charge in [0.1, 0.15) is 5.82 Å². The Bertz CT molecular complexity index is 872. The first-order valence-electron chi connectivity index (χ1n) is 8.27. The fraction of sp³-hybridized carbons (Fsp3) is 0.350. The number of aromatic amines is 1. The molecule has 1 aliphatic rings. The first kappa shape index (κ1) is 18.1. The van der Waals surface area contributed by atoms with Crippen LogP contribution in [0.4, 0.5) is 11.5 Å². The van der Waals surface area contributed by atoms with Gasteiger partial charge in [-0.1, -0.05) is 17.7 Å². The van der Waals surface area contributed by atoms with E-state index < -0.39 is 5.38 Å². The second-order valence-corrected chi connectivity index (χ2v) is 7.46. The fourth-order valence-electron chi connectivity index (χ4n) is 3.82. The number of fused-ring (bicyclic) bond motifs is 1. The minimum Gasteiger partial charge on any atom is -0.345 e. The van der Waals surface area contributed by atoms with Crippen LogP contribution in [0.5, 0.6) is 0 Å². The molecule has 3 nitrogen and oxygen atoms in total. The van der Waals surface area contributed by atoms with Crippen LogP contribution in [0, 0.1) is 27.7 Å². The van der Waals surface area contributed by atoms with E-state index >= 15 is 0 Å². The van der Waals surface area contributed by atoms with Crippen LogP contribution >= 0.6 is 23.2 Å². The number of anilines is 2. The lowest BCUT2D eigenvalue weighted by Crippen LogP contribution is -2.28. The molecule has 132 valence electrons. The molecule has 3 rings (SSSR count). The number of hydrogen-bond acceptors (Lipinski definition) is 2. The molecule has 2 aromatic rings. The van der Waals surface area contributed by atoms with E-state index in [9.17, 15) is 4.79 Å². The van der Waals surface area contributed by atoms with Crippen LogP contribution in [0.25, 0.3) is 0 Å². The standard InChI is InChI=1S/C20H22Cl2N2O/c1-10-6-11(2)19(12(3)7-10)24-14(5)17(16(25)9-21)18(22)15-8-13(4)23-20(15)24/h6-8,18,23H,9H2,1-5H3. The van der Waals surface area contributed by atoms with E-state index in [2.05, 4.69) is 42.8 Å². The van der Waals surface area contributed by atoms with Crippen molar-refractivity contribution in [2.24, 2.45) is 0 Å². The largest absolute Gasteiger partial charge is 0.345 e. The van der Waals surface area contributed by atoms with Gasteiger partial charge in [0.2, 0.25) is 0 Å². The lowest BCUT2D eigenvalue weighted by Gasteiger charge is -2.35. The number of hydrogen-bond donors (Lipinski definition) is 1. The number of alkyl halides is 2. The zero-order chi connectivity index (χ0) is 18.5. The number of aromatic nitrogens is 1. The van der Waals surface area contributed by atoms with Gasteiger partial charge in [-0.3, -0.25) is 9.69 Å². The third-order valence-corrected chi connectivity index (χ3v) is 5.41. The van der Waals surface area contributed by atoms with Gasteiger partial charge in [0.15, 0.2) is 5.78 Å². The number of rotatable bonds is 3. The third-order valence-electron chi connectivity index (χ3n) is 4.72. The molecular formula is C20H22Cl2N2O. The van der Waals surface area contributed by atoms with Gasteiger partial charge >= 0.3 is 0 Å². The highest BCUT2D eigenvalue weighted by Gasteiger charge is 2.36. The summed E-state index contributed by atoms with van der Waals surface area (Å²) >= 11 is 12.5. The number of aryl methyl sites for hydroxylation is 4. The van der Waals surface area contributed by atoms with Gasteiger partial charge in [0.25, 0.3) is 0 Å². The lowest BCUT2D eigenvalue weighted by atomic mass is 9.94. The van der Waals surface area contributed by atoms with Crippen molar-refractivity contribution in [3.63, 3.8) is 0 Å². The third kappa shape index (κ3) is 2.90. The Kier molecular flexibility index (Phi) is 4.74. The molecule has 5 heteroatoms. The SMILES string of the molecule is CC1=C(C(=O)CCl)C(Cl)c2cc(C)[nH]c2N1c1c(C)cc(C)cc1C. The predicted octanol–water partition coefficient (Wildman–Crippen LogP) is 5.76. The number of Topliss-reactive ketones (excluding diaryl/α,β-unsaturated/α-hetero) is 1. The number of nitrogens with one attached hydrogen (secondary N) is 1. The highest BCUT2D eigenvalue weighted by Crippen LogP contribution is 2.48. The number of H-pyrrole nitrogens is 1.